The van der Waals surface area contributed by atoms with Crippen LogP contribution in [-0.2, 0) is 0 Å². The van der Waals surface area contributed by atoms with Crippen LogP contribution in [0, 0.1) is 11.8 Å². The molecule has 74 valence electrons. The number of benzene rings is 1. The average molecular weight is 204 g/mol. The van der Waals surface area contributed by atoms with Crippen molar-refractivity contribution in [2.45, 2.75) is 31.1 Å². The summed E-state index contributed by atoms with van der Waals surface area (Å²) in [5.74, 6) is 6.60. The lowest BCUT2D eigenvalue weighted by Gasteiger charge is -2.08. The summed E-state index contributed by atoms with van der Waals surface area (Å²) in [5, 5.41) is 0. The van der Waals surface area contributed by atoms with Gasteiger partial charge < -0.3 is 0 Å². The van der Waals surface area contributed by atoms with E-state index in [-0.39, 0.29) is 0 Å². The highest BCUT2D eigenvalue weighted by Crippen LogP contribution is 2.21. The van der Waals surface area contributed by atoms with Gasteiger partial charge in [0, 0.05) is 11.3 Å². The molecule has 0 amide bonds. The van der Waals surface area contributed by atoms with E-state index < -0.39 is 0 Å². The van der Waals surface area contributed by atoms with Gasteiger partial charge in [-0.3, -0.25) is 0 Å². The lowest BCUT2D eigenvalue weighted by Crippen LogP contribution is -1.91. The molecule has 0 heterocycles. The van der Waals surface area contributed by atoms with Crippen LogP contribution in [0.25, 0.3) is 0 Å². The van der Waals surface area contributed by atoms with Gasteiger partial charge in [0.15, 0.2) is 0 Å². The van der Waals surface area contributed by atoms with Crippen LogP contribution in [0.5, 0.6) is 0 Å². The van der Waals surface area contributed by atoms with E-state index in [0.29, 0.717) is 5.92 Å². The number of thioether (sulfide) groups is 1. The molecule has 0 radical (unpaired) electrons. The molecule has 0 bridgehead atoms. The van der Waals surface area contributed by atoms with Crippen LogP contribution in [0.4, 0.5) is 0 Å². The lowest BCUT2D eigenvalue weighted by atomic mass is 9.98. The van der Waals surface area contributed by atoms with Gasteiger partial charge in [0.05, 0.1) is 0 Å². The minimum atomic E-state index is 0.540. The van der Waals surface area contributed by atoms with Crippen LogP contribution in [0.1, 0.15) is 31.7 Å². The van der Waals surface area contributed by atoms with Crippen molar-refractivity contribution in [3.05, 3.63) is 29.8 Å². The van der Waals surface area contributed by atoms with Crippen molar-refractivity contribution in [1.82, 2.24) is 0 Å². The van der Waals surface area contributed by atoms with E-state index in [1.165, 1.54) is 10.5 Å². The minimum Gasteiger partial charge on any atom is -0.130 e. The van der Waals surface area contributed by atoms with Crippen LogP contribution in [0.15, 0.2) is 29.2 Å². The topological polar surface area (TPSA) is 0 Å². The van der Waals surface area contributed by atoms with Crippen molar-refractivity contribution in [3.8, 4) is 11.8 Å². The van der Waals surface area contributed by atoms with E-state index in [4.69, 9.17) is 0 Å². The normalized spacial score (nSPS) is 11.6. The summed E-state index contributed by atoms with van der Waals surface area (Å²) >= 11 is 1.78. The van der Waals surface area contributed by atoms with Crippen molar-refractivity contribution in [2.24, 2.45) is 0 Å². The van der Waals surface area contributed by atoms with Gasteiger partial charge in [-0.2, -0.15) is 0 Å². The van der Waals surface area contributed by atoms with Gasteiger partial charge in [-0.1, -0.05) is 19.1 Å². The molecule has 0 spiro atoms. The molecule has 1 atom stereocenters. The number of hydrogen-bond acceptors (Lipinski definition) is 1. The van der Waals surface area contributed by atoms with Crippen molar-refractivity contribution >= 4 is 11.8 Å². The smallest absolute Gasteiger partial charge is 0.0155 e. The molecule has 14 heavy (non-hydrogen) atoms. The molecular formula is C13H16S. The Morgan fingerprint density at radius 3 is 2.43 bits per heavy atom. The van der Waals surface area contributed by atoms with Gasteiger partial charge in [0.1, 0.15) is 0 Å². The third-order valence-electron chi connectivity index (χ3n) is 2.27. The third-order valence-corrected chi connectivity index (χ3v) is 3.01. The number of hydrogen-bond donors (Lipinski definition) is 0. The average Bonchev–Trinajstić information content (AvgIpc) is 2.26. The Hall–Kier alpha value is -0.870. The Balaban J connectivity index is 2.69. The molecule has 1 unspecified atom stereocenters. The predicted octanol–water partition coefficient (Wildman–Crippen LogP) is 3.93. The molecule has 0 N–H and O–H groups in total. The molecule has 0 saturated heterocycles. The van der Waals surface area contributed by atoms with E-state index >= 15 is 0 Å². The maximum Gasteiger partial charge on any atom is 0.0155 e. The van der Waals surface area contributed by atoms with Crippen molar-refractivity contribution in [1.29, 1.82) is 0 Å². The molecule has 1 rings (SSSR count). The summed E-state index contributed by atoms with van der Waals surface area (Å²) in [7, 11) is 0. The van der Waals surface area contributed by atoms with E-state index in [0.717, 1.165) is 6.42 Å². The second kappa shape index (κ2) is 5.78. The largest absolute Gasteiger partial charge is 0.130 e. The molecular weight excluding hydrogens is 188 g/mol. The first-order valence-electron chi connectivity index (χ1n) is 4.81. The van der Waals surface area contributed by atoms with Gasteiger partial charge in [-0.25, -0.2) is 0 Å². The van der Waals surface area contributed by atoms with Crippen LogP contribution in [-0.4, -0.2) is 6.26 Å². The highest BCUT2D eigenvalue weighted by atomic mass is 32.2. The zero-order valence-corrected chi connectivity index (χ0v) is 9.82. The zero-order chi connectivity index (χ0) is 10.4. The maximum atomic E-state index is 3.12. The standard InChI is InChI=1S/C13H16S/c1-4-5-6-11(2)12-7-9-13(14-3)10-8-12/h7-11H,6H2,1-3H3. The summed E-state index contributed by atoms with van der Waals surface area (Å²) in [6.07, 6.45) is 3.05. The zero-order valence-electron chi connectivity index (χ0n) is 9.00. The first-order chi connectivity index (χ1) is 6.77. The molecule has 0 aliphatic heterocycles. The molecule has 0 saturated carbocycles. The second-order valence-electron chi connectivity index (χ2n) is 3.31. The van der Waals surface area contributed by atoms with Gasteiger partial charge in [-0.15, -0.1) is 23.6 Å². The van der Waals surface area contributed by atoms with Crippen LogP contribution in [0.2, 0.25) is 0 Å². The summed E-state index contributed by atoms with van der Waals surface area (Å²) in [6, 6.07) is 8.76. The third kappa shape index (κ3) is 3.12. The van der Waals surface area contributed by atoms with Crippen molar-refractivity contribution < 1.29 is 0 Å². The Kier molecular flexibility index (Phi) is 4.62. The highest BCUT2D eigenvalue weighted by Gasteiger charge is 2.02. The fourth-order valence-corrected chi connectivity index (χ4v) is 1.71. The Morgan fingerprint density at radius 1 is 1.29 bits per heavy atom. The SMILES string of the molecule is CC#CCC(C)c1ccc(SC)cc1. The van der Waals surface area contributed by atoms with Gasteiger partial charge in [0.2, 0.25) is 0 Å². The van der Waals surface area contributed by atoms with E-state index in [9.17, 15) is 0 Å². The quantitative estimate of drug-likeness (QED) is 0.531. The highest BCUT2D eigenvalue weighted by molar-refractivity contribution is 7.98. The Morgan fingerprint density at radius 2 is 1.93 bits per heavy atom. The maximum absolute atomic E-state index is 3.12. The van der Waals surface area contributed by atoms with Crippen LogP contribution in [0.3, 0.4) is 0 Å². The van der Waals surface area contributed by atoms with Gasteiger partial charge in [0.25, 0.3) is 0 Å². The molecule has 0 aliphatic rings. The van der Waals surface area contributed by atoms with E-state index in [1.807, 2.05) is 6.92 Å². The molecule has 1 heteroatoms. The van der Waals surface area contributed by atoms with Gasteiger partial charge >= 0.3 is 0 Å². The second-order valence-corrected chi connectivity index (χ2v) is 4.18. The molecule has 1 aromatic carbocycles. The molecule has 0 aromatic heterocycles. The first-order valence-corrected chi connectivity index (χ1v) is 6.04. The fourth-order valence-electron chi connectivity index (χ4n) is 1.31. The Labute approximate surface area is 91.1 Å². The predicted molar refractivity (Wildman–Crippen MR) is 64.7 cm³/mol. The summed E-state index contributed by atoms with van der Waals surface area (Å²) in [4.78, 5) is 1.32. The number of rotatable bonds is 3. The van der Waals surface area contributed by atoms with Crippen LogP contribution >= 0.6 is 11.8 Å². The summed E-state index contributed by atoms with van der Waals surface area (Å²) < 4.78 is 0. The minimum absolute atomic E-state index is 0.540. The first kappa shape index (κ1) is 11.2. The van der Waals surface area contributed by atoms with Crippen LogP contribution < -0.4 is 0 Å². The monoisotopic (exact) mass is 204 g/mol. The van der Waals surface area contributed by atoms with Crippen molar-refractivity contribution in [2.75, 3.05) is 6.26 Å². The Bertz CT molecular complexity index is 326. The van der Waals surface area contributed by atoms with Crippen molar-refractivity contribution in [3.63, 3.8) is 0 Å². The molecule has 1 aromatic rings. The van der Waals surface area contributed by atoms with E-state index in [2.05, 4.69) is 49.3 Å². The molecule has 0 aliphatic carbocycles. The molecule has 0 fully saturated rings. The fraction of sp³-hybridized carbons (Fsp3) is 0.385. The molecule has 0 nitrogen and oxygen atoms in total. The lowest BCUT2D eigenvalue weighted by molar-refractivity contribution is 0.794. The summed E-state index contributed by atoms with van der Waals surface area (Å²) in [5.41, 5.74) is 1.38. The van der Waals surface area contributed by atoms with Gasteiger partial charge in [-0.05, 0) is 36.8 Å². The van der Waals surface area contributed by atoms with E-state index in [1.54, 1.807) is 11.8 Å². The summed E-state index contributed by atoms with van der Waals surface area (Å²) in [6.45, 7) is 4.11.